The predicted octanol–water partition coefficient (Wildman–Crippen LogP) is 5.83. The molecule has 2 saturated heterocycles. The number of nitrogens with zero attached hydrogens (tertiary/aromatic N) is 2. The number of likely N-dealkylation sites (tertiary alicyclic amines) is 1. The van der Waals surface area contributed by atoms with Gasteiger partial charge in [0, 0.05) is 28.6 Å². The van der Waals surface area contributed by atoms with Crippen molar-refractivity contribution in [2.45, 2.75) is 50.5 Å². The van der Waals surface area contributed by atoms with Crippen molar-refractivity contribution in [2.24, 2.45) is 0 Å². The van der Waals surface area contributed by atoms with Crippen LogP contribution >= 0.6 is 22.6 Å². The Kier molecular flexibility index (Phi) is 6.63. The van der Waals surface area contributed by atoms with Gasteiger partial charge >= 0.3 is 0 Å². The third kappa shape index (κ3) is 4.56. The summed E-state index contributed by atoms with van der Waals surface area (Å²) in [5.41, 5.74) is 4.47. The van der Waals surface area contributed by atoms with Gasteiger partial charge in [0.15, 0.2) is 0 Å². The van der Waals surface area contributed by atoms with Gasteiger partial charge in [0.05, 0.1) is 6.61 Å². The molecule has 4 heteroatoms. The second-order valence-corrected chi connectivity index (χ2v) is 10.4. The smallest absolute Gasteiger partial charge is 0.119 e. The fourth-order valence-corrected chi connectivity index (χ4v) is 6.21. The van der Waals surface area contributed by atoms with Crippen molar-refractivity contribution in [3.8, 4) is 5.75 Å². The molecular weight excluding hydrogens is 483 g/mol. The van der Waals surface area contributed by atoms with Gasteiger partial charge in [0.25, 0.3) is 0 Å². The summed E-state index contributed by atoms with van der Waals surface area (Å²) in [5.74, 6) is 1.53. The Labute approximate surface area is 194 Å². The first-order valence-corrected chi connectivity index (χ1v) is 12.8. The monoisotopic (exact) mass is 516 g/mol. The second-order valence-electron chi connectivity index (χ2n) is 9.16. The molecule has 5 rings (SSSR count). The summed E-state index contributed by atoms with van der Waals surface area (Å²) in [5, 5.41) is 0. The summed E-state index contributed by atoms with van der Waals surface area (Å²) in [4.78, 5) is 5.30. The molecule has 3 nitrogen and oxygen atoms in total. The zero-order chi connectivity index (χ0) is 20.3. The molecule has 160 valence electrons. The number of rotatable bonds is 6. The first-order chi connectivity index (χ1) is 14.8. The highest BCUT2D eigenvalue weighted by Gasteiger charge is 2.36. The molecule has 0 radical (unpaired) electrons. The largest absolute Gasteiger partial charge is 0.494 e. The third-order valence-electron chi connectivity index (χ3n) is 7.16. The molecule has 2 atom stereocenters. The Morgan fingerprint density at radius 2 is 1.83 bits per heavy atom. The standard InChI is InChI=1S/C26H33IN2O/c27-21-8-4-7-20(17-21)25-19-29-15-5-9-26(29)24-18-22(10-11-23(24)25)30-16-6-14-28-12-2-1-3-13-28/h4,7-8,10-11,17-18,25-26H,1-3,5-6,9,12-16,19H2/t25-,26+/m0/s1. The molecule has 2 aromatic carbocycles. The lowest BCUT2D eigenvalue weighted by Crippen LogP contribution is -2.34. The molecule has 3 heterocycles. The first-order valence-electron chi connectivity index (χ1n) is 11.8. The molecule has 0 bridgehead atoms. The molecule has 2 fully saturated rings. The average molecular weight is 516 g/mol. The minimum absolute atomic E-state index is 0.470. The lowest BCUT2D eigenvalue weighted by Gasteiger charge is -2.37. The Morgan fingerprint density at radius 3 is 2.70 bits per heavy atom. The lowest BCUT2D eigenvalue weighted by molar-refractivity contribution is 0.204. The van der Waals surface area contributed by atoms with Gasteiger partial charge in [0.1, 0.15) is 5.75 Å². The van der Waals surface area contributed by atoms with Gasteiger partial charge in [-0.2, -0.15) is 0 Å². The number of hydrogen-bond donors (Lipinski definition) is 0. The predicted molar refractivity (Wildman–Crippen MR) is 131 cm³/mol. The van der Waals surface area contributed by atoms with Crippen LogP contribution in [0.1, 0.15) is 67.2 Å². The van der Waals surface area contributed by atoms with E-state index in [4.69, 9.17) is 4.74 Å². The van der Waals surface area contributed by atoms with E-state index in [-0.39, 0.29) is 0 Å². The SMILES string of the molecule is Ic1cccc([C@@H]2CN3CCC[C@@H]3c3cc(OCCCN4CCCCC4)ccc32)c1. The number of ether oxygens (including phenoxy) is 1. The van der Waals surface area contributed by atoms with Gasteiger partial charge in [-0.25, -0.2) is 0 Å². The minimum atomic E-state index is 0.470. The summed E-state index contributed by atoms with van der Waals surface area (Å²) in [6.45, 7) is 6.92. The van der Waals surface area contributed by atoms with E-state index in [2.05, 4.69) is 74.9 Å². The van der Waals surface area contributed by atoms with Crippen molar-refractivity contribution < 1.29 is 4.74 Å². The van der Waals surface area contributed by atoms with Crippen molar-refractivity contribution in [1.29, 1.82) is 0 Å². The van der Waals surface area contributed by atoms with Crippen LogP contribution in [0.25, 0.3) is 0 Å². The Morgan fingerprint density at radius 1 is 0.933 bits per heavy atom. The van der Waals surface area contributed by atoms with E-state index in [0.717, 1.165) is 25.3 Å². The molecule has 2 aromatic rings. The van der Waals surface area contributed by atoms with Crippen LogP contribution in [0.2, 0.25) is 0 Å². The summed E-state index contributed by atoms with van der Waals surface area (Å²) in [6, 6.07) is 16.6. The van der Waals surface area contributed by atoms with Gasteiger partial charge in [0.2, 0.25) is 0 Å². The quantitative estimate of drug-likeness (QED) is 0.355. The molecule has 0 amide bonds. The topological polar surface area (TPSA) is 15.7 Å². The summed E-state index contributed by atoms with van der Waals surface area (Å²) < 4.78 is 7.55. The van der Waals surface area contributed by atoms with Gasteiger partial charge in [-0.3, -0.25) is 4.90 Å². The van der Waals surface area contributed by atoms with Crippen molar-refractivity contribution in [3.05, 3.63) is 62.7 Å². The first kappa shape index (κ1) is 20.8. The van der Waals surface area contributed by atoms with Crippen molar-refractivity contribution in [2.75, 3.05) is 39.3 Å². The minimum Gasteiger partial charge on any atom is -0.494 e. The Hall–Kier alpha value is -1.11. The molecule has 3 aliphatic rings. The number of piperidine rings is 1. The molecule has 3 aliphatic heterocycles. The van der Waals surface area contributed by atoms with Crippen molar-refractivity contribution in [1.82, 2.24) is 9.80 Å². The van der Waals surface area contributed by atoms with Gasteiger partial charge in [-0.05, 0) is 115 Å². The van der Waals surface area contributed by atoms with Crippen LogP contribution in [-0.2, 0) is 0 Å². The fraction of sp³-hybridized carbons (Fsp3) is 0.538. The van der Waals surface area contributed by atoms with Gasteiger partial charge in [-0.15, -0.1) is 0 Å². The van der Waals surface area contributed by atoms with E-state index in [1.54, 1.807) is 0 Å². The van der Waals surface area contributed by atoms with E-state index in [0.29, 0.717) is 12.0 Å². The average Bonchev–Trinajstić information content (AvgIpc) is 3.26. The summed E-state index contributed by atoms with van der Waals surface area (Å²) in [7, 11) is 0. The molecule has 0 aliphatic carbocycles. The molecule has 0 aromatic heterocycles. The van der Waals surface area contributed by atoms with E-state index in [9.17, 15) is 0 Å². The maximum atomic E-state index is 6.23. The van der Waals surface area contributed by atoms with Crippen LogP contribution in [-0.4, -0.2) is 49.1 Å². The Bertz CT molecular complexity index is 864. The lowest BCUT2D eigenvalue weighted by atomic mass is 9.81. The van der Waals surface area contributed by atoms with Crippen LogP contribution < -0.4 is 4.74 Å². The van der Waals surface area contributed by atoms with Gasteiger partial charge < -0.3 is 9.64 Å². The maximum absolute atomic E-state index is 6.23. The maximum Gasteiger partial charge on any atom is 0.119 e. The number of hydrogen-bond acceptors (Lipinski definition) is 3. The van der Waals surface area contributed by atoms with Crippen LogP contribution in [0, 0.1) is 3.57 Å². The third-order valence-corrected chi connectivity index (χ3v) is 7.83. The number of benzene rings is 2. The highest BCUT2D eigenvalue weighted by Crippen LogP contribution is 2.45. The number of halogens is 1. The van der Waals surface area contributed by atoms with Crippen molar-refractivity contribution >= 4 is 22.6 Å². The second kappa shape index (κ2) is 9.58. The van der Waals surface area contributed by atoms with E-state index >= 15 is 0 Å². The number of fused-ring (bicyclic) bond motifs is 3. The zero-order valence-corrected chi connectivity index (χ0v) is 20.0. The molecule has 0 spiro atoms. The summed E-state index contributed by atoms with van der Waals surface area (Å²) >= 11 is 2.44. The molecular formula is C26H33IN2O. The van der Waals surface area contributed by atoms with Crippen LogP contribution in [0.4, 0.5) is 0 Å². The summed E-state index contributed by atoms with van der Waals surface area (Å²) in [6.07, 6.45) is 7.85. The Balaban J connectivity index is 1.30. The van der Waals surface area contributed by atoms with Crippen LogP contribution in [0.15, 0.2) is 42.5 Å². The van der Waals surface area contributed by atoms with Gasteiger partial charge in [-0.1, -0.05) is 24.6 Å². The normalized spacial score (nSPS) is 24.4. The fourth-order valence-electron chi connectivity index (χ4n) is 5.65. The van der Waals surface area contributed by atoms with E-state index < -0.39 is 0 Å². The van der Waals surface area contributed by atoms with Crippen LogP contribution in [0.5, 0.6) is 5.75 Å². The molecule has 0 unspecified atom stereocenters. The van der Waals surface area contributed by atoms with Crippen LogP contribution in [0.3, 0.4) is 0 Å². The van der Waals surface area contributed by atoms with E-state index in [1.807, 2.05) is 0 Å². The van der Waals surface area contributed by atoms with Crippen molar-refractivity contribution in [3.63, 3.8) is 0 Å². The molecule has 0 saturated carbocycles. The molecule has 0 N–H and O–H groups in total. The highest BCUT2D eigenvalue weighted by molar-refractivity contribution is 14.1. The highest BCUT2D eigenvalue weighted by atomic mass is 127. The van der Waals surface area contributed by atoms with E-state index in [1.165, 1.54) is 78.5 Å². The molecule has 30 heavy (non-hydrogen) atoms. The zero-order valence-electron chi connectivity index (χ0n) is 17.9.